The second-order valence-corrected chi connectivity index (χ2v) is 6.74. The van der Waals surface area contributed by atoms with Crippen LogP contribution in [0.25, 0.3) is 0 Å². The summed E-state index contributed by atoms with van der Waals surface area (Å²) in [5, 5.41) is 2.84. The second kappa shape index (κ2) is 7.76. The first kappa shape index (κ1) is 18.2. The number of Topliss-reactive ketones (excluding diaryl/α,β-unsaturated/α-hetero) is 1. The fourth-order valence-electron chi connectivity index (χ4n) is 3.41. The van der Waals surface area contributed by atoms with Crippen molar-refractivity contribution in [1.82, 2.24) is 4.90 Å². The molecular weight excluding hydrogens is 336 g/mol. The molecule has 0 unspecified atom stereocenters. The fraction of sp³-hybridized carbons (Fsp3) is 0.526. The molecule has 0 aliphatic carbocycles. The van der Waals surface area contributed by atoms with Gasteiger partial charge in [-0.15, -0.1) is 0 Å². The predicted molar refractivity (Wildman–Crippen MR) is 95.4 cm³/mol. The van der Waals surface area contributed by atoms with Crippen LogP contribution in [0.3, 0.4) is 0 Å². The first-order valence-electron chi connectivity index (χ1n) is 9.00. The highest BCUT2D eigenvalue weighted by atomic mass is 16.7. The molecule has 0 saturated carbocycles. The lowest BCUT2D eigenvalue weighted by molar-refractivity contribution is -0.132. The number of hydrogen-bond donors (Lipinski definition) is 1. The summed E-state index contributed by atoms with van der Waals surface area (Å²) in [4.78, 5) is 37.9. The Labute approximate surface area is 152 Å². The summed E-state index contributed by atoms with van der Waals surface area (Å²) in [6, 6.07) is 3.24. The Morgan fingerprint density at radius 1 is 1.15 bits per heavy atom. The number of likely N-dealkylation sites (tertiary alicyclic amines) is 1. The number of amides is 2. The Morgan fingerprint density at radius 3 is 2.42 bits per heavy atom. The Bertz CT molecular complexity index is 723. The van der Waals surface area contributed by atoms with Gasteiger partial charge in [0.05, 0.1) is 5.69 Å². The van der Waals surface area contributed by atoms with E-state index in [1.165, 1.54) is 6.92 Å². The lowest BCUT2D eigenvalue weighted by atomic mass is 9.93. The maximum atomic E-state index is 12.5. The zero-order valence-electron chi connectivity index (χ0n) is 15.2. The van der Waals surface area contributed by atoms with Crippen LogP contribution in [0.15, 0.2) is 12.1 Å². The molecule has 0 bridgehead atoms. The van der Waals surface area contributed by atoms with Gasteiger partial charge in [0.25, 0.3) is 0 Å². The molecular formula is C19H24N2O5. The summed E-state index contributed by atoms with van der Waals surface area (Å²) in [6.07, 6.45) is 2.53. The smallest absolute Gasteiger partial charge is 0.231 e. The van der Waals surface area contributed by atoms with E-state index in [-0.39, 0.29) is 30.3 Å². The molecule has 1 fully saturated rings. The summed E-state index contributed by atoms with van der Waals surface area (Å²) < 4.78 is 10.6. The van der Waals surface area contributed by atoms with E-state index in [0.717, 1.165) is 12.8 Å². The zero-order valence-corrected chi connectivity index (χ0v) is 15.2. The van der Waals surface area contributed by atoms with E-state index < -0.39 is 0 Å². The summed E-state index contributed by atoms with van der Waals surface area (Å²) in [5.74, 6) is 1.17. The van der Waals surface area contributed by atoms with E-state index in [1.807, 2.05) is 11.8 Å². The number of rotatable bonds is 5. The first-order chi connectivity index (χ1) is 12.5. The highest BCUT2D eigenvalue weighted by Gasteiger charge is 2.25. The number of anilines is 1. The molecule has 2 aliphatic rings. The van der Waals surface area contributed by atoms with Crippen LogP contribution in [0, 0.1) is 5.92 Å². The molecule has 7 nitrogen and oxygen atoms in total. The van der Waals surface area contributed by atoms with Gasteiger partial charge in [-0.1, -0.05) is 6.92 Å². The van der Waals surface area contributed by atoms with Crippen molar-refractivity contribution in [3.05, 3.63) is 17.7 Å². The van der Waals surface area contributed by atoms with Crippen LogP contribution in [0.5, 0.6) is 11.5 Å². The Morgan fingerprint density at radius 2 is 1.81 bits per heavy atom. The quantitative estimate of drug-likeness (QED) is 0.816. The SMILES string of the molecule is CCC(=O)N1CCC(CC(=O)Nc2cc3c(cc2C(C)=O)OCO3)CC1. The highest BCUT2D eigenvalue weighted by Crippen LogP contribution is 2.37. The molecule has 1 aromatic carbocycles. The van der Waals surface area contributed by atoms with E-state index >= 15 is 0 Å². The Kier molecular flexibility index (Phi) is 5.44. The average molecular weight is 360 g/mol. The van der Waals surface area contributed by atoms with Crippen molar-refractivity contribution in [3.63, 3.8) is 0 Å². The number of ketones is 1. The summed E-state index contributed by atoms with van der Waals surface area (Å²) in [7, 11) is 0. The van der Waals surface area contributed by atoms with Crippen molar-refractivity contribution in [2.24, 2.45) is 5.92 Å². The van der Waals surface area contributed by atoms with Gasteiger partial charge in [-0.25, -0.2) is 0 Å². The van der Waals surface area contributed by atoms with Gasteiger partial charge in [0.2, 0.25) is 18.6 Å². The van der Waals surface area contributed by atoms with Crippen molar-refractivity contribution in [3.8, 4) is 11.5 Å². The average Bonchev–Trinajstić information content (AvgIpc) is 3.08. The Hall–Kier alpha value is -2.57. The summed E-state index contributed by atoms with van der Waals surface area (Å²) in [5.41, 5.74) is 0.858. The minimum Gasteiger partial charge on any atom is -0.454 e. The lowest BCUT2D eigenvalue weighted by Crippen LogP contribution is -2.38. The third kappa shape index (κ3) is 3.98. The summed E-state index contributed by atoms with van der Waals surface area (Å²) in [6.45, 7) is 4.83. The van der Waals surface area contributed by atoms with Crippen LogP contribution in [0.2, 0.25) is 0 Å². The minimum absolute atomic E-state index is 0.110. The van der Waals surface area contributed by atoms with E-state index in [0.29, 0.717) is 48.7 Å². The van der Waals surface area contributed by atoms with Crippen LogP contribution in [0.4, 0.5) is 5.69 Å². The van der Waals surface area contributed by atoms with Crippen molar-refractivity contribution in [2.75, 3.05) is 25.2 Å². The van der Waals surface area contributed by atoms with Gasteiger partial charge in [0.15, 0.2) is 17.3 Å². The van der Waals surface area contributed by atoms with E-state index in [1.54, 1.807) is 12.1 Å². The lowest BCUT2D eigenvalue weighted by Gasteiger charge is -2.31. The molecule has 1 saturated heterocycles. The van der Waals surface area contributed by atoms with Gasteiger partial charge in [-0.05, 0) is 31.7 Å². The molecule has 2 aliphatic heterocycles. The van der Waals surface area contributed by atoms with Gasteiger partial charge < -0.3 is 19.7 Å². The van der Waals surface area contributed by atoms with Crippen LogP contribution < -0.4 is 14.8 Å². The normalized spacial score (nSPS) is 16.5. The van der Waals surface area contributed by atoms with Crippen LogP contribution in [-0.4, -0.2) is 42.4 Å². The number of nitrogens with one attached hydrogen (secondary N) is 1. The Balaban J connectivity index is 1.61. The number of carbonyl (C=O) groups is 3. The highest BCUT2D eigenvalue weighted by molar-refractivity contribution is 6.04. The van der Waals surface area contributed by atoms with Crippen molar-refractivity contribution < 1.29 is 23.9 Å². The summed E-state index contributed by atoms with van der Waals surface area (Å²) >= 11 is 0. The molecule has 2 heterocycles. The number of nitrogens with zero attached hydrogens (tertiary/aromatic N) is 1. The first-order valence-corrected chi connectivity index (χ1v) is 9.00. The maximum absolute atomic E-state index is 12.5. The molecule has 3 rings (SSSR count). The van der Waals surface area contributed by atoms with Crippen LogP contribution in [0.1, 0.15) is 49.9 Å². The maximum Gasteiger partial charge on any atom is 0.231 e. The number of piperidine rings is 1. The van der Waals surface area contributed by atoms with Gasteiger partial charge >= 0.3 is 0 Å². The van der Waals surface area contributed by atoms with Crippen LogP contribution >= 0.6 is 0 Å². The second-order valence-electron chi connectivity index (χ2n) is 6.74. The largest absolute Gasteiger partial charge is 0.454 e. The van der Waals surface area contributed by atoms with Gasteiger partial charge in [0.1, 0.15) is 0 Å². The van der Waals surface area contributed by atoms with E-state index in [2.05, 4.69) is 5.32 Å². The number of hydrogen-bond acceptors (Lipinski definition) is 5. The molecule has 140 valence electrons. The molecule has 0 spiro atoms. The van der Waals surface area contributed by atoms with Crippen molar-refractivity contribution in [1.29, 1.82) is 0 Å². The third-order valence-electron chi connectivity index (χ3n) is 4.91. The standard InChI is InChI=1S/C19H24N2O5/c1-3-19(24)21-6-4-13(5-7-21)8-18(23)20-15-10-17-16(25-11-26-17)9-14(15)12(2)22/h9-10,13H,3-8,11H2,1-2H3,(H,20,23). The predicted octanol–water partition coefficient (Wildman–Crippen LogP) is 2.60. The molecule has 7 heteroatoms. The monoisotopic (exact) mass is 360 g/mol. The molecule has 1 aromatic rings. The van der Waals surface area contributed by atoms with Crippen LogP contribution in [-0.2, 0) is 9.59 Å². The molecule has 0 aromatic heterocycles. The molecule has 26 heavy (non-hydrogen) atoms. The molecule has 2 amide bonds. The molecule has 0 radical (unpaired) electrons. The third-order valence-corrected chi connectivity index (χ3v) is 4.91. The number of ether oxygens (including phenoxy) is 2. The fourth-order valence-corrected chi connectivity index (χ4v) is 3.41. The molecule has 1 N–H and O–H groups in total. The topological polar surface area (TPSA) is 84.9 Å². The molecule has 0 atom stereocenters. The van der Waals surface area contributed by atoms with Crippen molar-refractivity contribution >= 4 is 23.3 Å². The van der Waals surface area contributed by atoms with Gasteiger partial charge in [0, 0.05) is 37.6 Å². The zero-order chi connectivity index (χ0) is 18.7. The number of benzene rings is 1. The van der Waals surface area contributed by atoms with Gasteiger partial charge in [-0.3, -0.25) is 14.4 Å². The van der Waals surface area contributed by atoms with Crippen molar-refractivity contribution in [2.45, 2.75) is 39.5 Å². The van der Waals surface area contributed by atoms with E-state index in [4.69, 9.17) is 9.47 Å². The van der Waals surface area contributed by atoms with Gasteiger partial charge in [-0.2, -0.15) is 0 Å². The van der Waals surface area contributed by atoms with E-state index in [9.17, 15) is 14.4 Å². The number of carbonyl (C=O) groups excluding carboxylic acids is 3. The minimum atomic E-state index is -0.148. The number of fused-ring (bicyclic) bond motifs is 1.